The Bertz CT molecular complexity index is 144. The highest BCUT2D eigenvalue weighted by atomic mass is 16.7. The van der Waals surface area contributed by atoms with Crippen LogP contribution in [0.1, 0.15) is 6.92 Å². The van der Waals surface area contributed by atoms with Crippen LogP contribution in [0.5, 0.6) is 0 Å². The van der Waals surface area contributed by atoms with Gasteiger partial charge >= 0.3 is 6.16 Å². The van der Waals surface area contributed by atoms with Gasteiger partial charge in [0.25, 0.3) is 0 Å². The number of rotatable bonds is 5. The van der Waals surface area contributed by atoms with Gasteiger partial charge < -0.3 is 14.2 Å². The molecule has 0 saturated heterocycles. The lowest BCUT2D eigenvalue weighted by Crippen LogP contribution is -2.18. The highest BCUT2D eigenvalue weighted by molar-refractivity contribution is 5.59. The van der Waals surface area contributed by atoms with Gasteiger partial charge in [-0.2, -0.15) is 0 Å². The number of carbonyl (C=O) groups is 1. The van der Waals surface area contributed by atoms with Gasteiger partial charge in [-0.05, 0) is 6.92 Å². The summed E-state index contributed by atoms with van der Waals surface area (Å²) in [5.74, 6) is 0. The van der Waals surface area contributed by atoms with Crippen LogP contribution in [0.25, 0.3) is 0 Å². The summed E-state index contributed by atoms with van der Waals surface area (Å²) in [4.78, 5) is 10.7. The predicted molar refractivity (Wildman–Crippen MR) is 44.0 cm³/mol. The maximum atomic E-state index is 10.7. The predicted octanol–water partition coefficient (Wildman–Crippen LogP) is 1.36. The van der Waals surface area contributed by atoms with Gasteiger partial charge in [-0.1, -0.05) is 12.7 Å². The molecule has 0 rings (SSSR count). The molecule has 0 fully saturated rings. The maximum absolute atomic E-state index is 10.7. The summed E-state index contributed by atoms with van der Waals surface area (Å²) in [5.41, 5.74) is 0. The third kappa shape index (κ3) is 5.73. The molecule has 70 valence electrons. The average Bonchev–Trinajstić information content (AvgIpc) is 2.10. The van der Waals surface area contributed by atoms with E-state index >= 15 is 0 Å². The topological polar surface area (TPSA) is 44.8 Å². The van der Waals surface area contributed by atoms with Crippen LogP contribution in [0.2, 0.25) is 0 Å². The first kappa shape index (κ1) is 11.0. The molecule has 0 spiro atoms. The molecule has 1 unspecified atom stereocenters. The van der Waals surface area contributed by atoms with Gasteiger partial charge in [0.05, 0.1) is 6.10 Å². The molecule has 0 aromatic carbocycles. The molecular formula is C8H14O4. The van der Waals surface area contributed by atoms with E-state index in [4.69, 9.17) is 4.74 Å². The van der Waals surface area contributed by atoms with E-state index in [9.17, 15) is 4.79 Å². The first-order valence-electron chi connectivity index (χ1n) is 3.64. The van der Waals surface area contributed by atoms with Crippen molar-refractivity contribution in [3.8, 4) is 0 Å². The molecule has 0 aliphatic heterocycles. The fourth-order valence-corrected chi connectivity index (χ4v) is 0.422. The van der Waals surface area contributed by atoms with Crippen LogP contribution >= 0.6 is 0 Å². The van der Waals surface area contributed by atoms with Crippen molar-refractivity contribution < 1.29 is 19.0 Å². The fourth-order valence-electron chi connectivity index (χ4n) is 0.422. The SMILES string of the molecule is C=CCOC(=O)OCC(C)OC. The van der Waals surface area contributed by atoms with Gasteiger partial charge in [0.2, 0.25) is 0 Å². The summed E-state index contributed by atoms with van der Waals surface area (Å²) in [6.45, 7) is 5.55. The molecule has 4 nitrogen and oxygen atoms in total. The lowest BCUT2D eigenvalue weighted by molar-refractivity contribution is 0.0127. The van der Waals surface area contributed by atoms with Crippen LogP contribution in [0.3, 0.4) is 0 Å². The van der Waals surface area contributed by atoms with Gasteiger partial charge in [-0.3, -0.25) is 0 Å². The van der Waals surface area contributed by atoms with Crippen molar-refractivity contribution in [1.82, 2.24) is 0 Å². The lowest BCUT2D eigenvalue weighted by Gasteiger charge is -2.09. The summed E-state index contributed by atoms with van der Waals surface area (Å²) in [6, 6.07) is 0. The number of methoxy groups -OCH3 is 1. The van der Waals surface area contributed by atoms with Crippen molar-refractivity contribution >= 4 is 6.16 Å². The van der Waals surface area contributed by atoms with Crippen molar-refractivity contribution in [2.75, 3.05) is 20.3 Å². The molecule has 12 heavy (non-hydrogen) atoms. The Balaban J connectivity index is 3.36. The molecular weight excluding hydrogens is 160 g/mol. The van der Waals surface area contributed by atoms with Crippen LogP contribution < -0.4 is 0 Å². The zero-order valence-corrected chi connectivity index (χ0v) is 7.41. The van der Waals surface area contributed by atoms with E-state index in [0.29, 0.717) is 0 Å². The van der Waals surface area contributed by atoms with E-state index < -0.39 is 6.16 Å². The summed E-state index contributed by atoms with van der Waals surface area (Å²) >= 11 is 0. The van der Waals surface area contributed by atoms with Crippen LogP contribution in [-0.2, 0) is 14.2 Å². The third-order valence-corrected chi connectivity index (χ3v) is 1.16. The normalized spacial score (nSPS) is 11.8. The number of ether oxygens (including phenoxy) is 3. The van der Waals surface area contributed by atoms with E-state index in [1.54, 1.807) is 14.0 Å². The van der Waals surface area contributed by atoms with Crippen molar-refractivity contribution in [2.45, 2.75) is 13.0 Å². The van der Waals surface area contributed by atoms with Crippen molar-refractivity contribution in [1.29, 1.82) is 0 Å². The standard InChI is InChI=1S/C8H14O4/c1-4-5-11-8(9)12-6-7(2)10-3/h4,7H,1,5-6H2,2-3H3. The monoisotopic (exact) mass is 174 g/mol. The zero-order valence-electron chi connectivity index (χ0n) is 7.41. The molecule has 0 amide bonds. The van der Waals surface area contributed by atoms with Crippen LogP contribution in [0.15, 0.2) is 12.7 Å². The molecule has 0 saturated carbocycles. The second-order valence-corrected chi connectivity index (χ2v) is 2.21. The Kier molecular flexibility index (Phi) is 6.09. The number of hydrogen-bond donors (Lipinski definition) is 0. The molecule has 0 bridgehead atoms. The summed E-state index contributed by atoms with van der Waals surface area (Å²) in [6.07, 6.45) is 0.668. The molecule has 0 heterocycles. The molecule has 1 atom stereocenters. The number of carbonyl (C=O) groups excluding carboxylic acids is 1. The van der Waals surface area contributed by atoms with Crippen LogP contribution in [0.4, 0.5) is 4.79 Å². The highest BCUT2D eigenvalue weighted by Gasteiger charge is 2.05. The van der Waals surface area contributed by atoms with Crippen LogP contribution in [0, 0.1) is 0 Å². The minimum atomic E-state index is -0.696. The van der Waals surface area contributed by atoms with Crippen LogP contribution in [-0.4, -0.2) is 32.6 Å². The third-order valence-electron chi connectivity index (χ3n) is 1.16. The smallest absolute Gasteiger partial charge is 0.432 e. The van der Waals surface area contributed by atoms with Crippen molar-refractivity contribution in [3.05, 3.63) is 12.7 Å². The Morgan fingerprint density at radius 3 is 2.75 bits per heavy atom. The average molecular weight is 174 g/mol. The minimum absolute atomic E-state index is 0.110. The molecule has 0 aliphatic rings. The van der Waals surface area contributed by atoms with Crippen molar-refractivity contribution in [3.63, 3.8) is 0 Å². The molecule has 0 radical (unpaired) electrons. The first-order chi connectivity index (χ1) is 5.70. The number of hydrogen-bond acceptors (Lipinski definition) is 4. The second kappa shape index (κ2) is 6.67. The summed E-state index contributed by atoms with van der Waals surface area (Å²) in [5, 5.41) is 0. The van der Waals surface area contributed by atoms with Gasteiger partial charge in [0.15, 0.2) is 0 Å². The van der Waals surface area contributed by atoms with Gasteiger partial charge in [-0.15, -0.1) is 0 Å². The Morgan fingerprint density at radius 2 is 2.25 bits per heavy atom. The van der Waals surface area contributed by atoms with E-state index in [0.717, 1.165) is 0 Å². The maximum Gasteiger partial charge on any atom is 0.508 e. The Labute approximate surface area is 72.1 Å². The summed E-state index contributed by atoms with van der Waals surface area (Å²) < 4.78 is 14.1. The second-order valence-electron chi connectivity index (χ2n) is 2.21. The largest absolute Gasteiger partial charge is 0.508 e. The molecule has 0 N–H and O–H groups in total. The molecule has 4 heteroatoms. The van der Waals surface area contributed by atoms with E-state index in [2.05, 4.69) is 16.1 Å². The molecule has 0 aliphatic carbocycles. The van der Waals surface area contributed by atoms with Gasteiger partial charge in [-0.25, -0.2) is 4.79 Å². The van der Waals surface area contributed by atoms with E-state index in [-0.39, 0.29) is 19.3 Å². The first-order valence-corrected chi connectivity index (χ1v) is 3.64. The van der Waals surface area contributed by atoms with Gasteiger partial charge in [0, 0.05) is 7.11 Å². The Morgan fingerprint density at radius 1 is 1.58 bits per heavy atom. The Hall–Kier alpha value is -1.03. The molecule has 0 aromatic rings. The fraction of sp³-hybridized carbons (Fsp3) is 0.625. The zero-order chi connectivity index (χ0) is 9.40. The minimum Gasteiger partial charge on any atom is -0.432 e. The van der Waals surface area contributed by atoms with Crippen molar-refractivity contribution in [2.24, 2.45) is 0 Å². The summed E-state index contributed by atoms with van der Waals surface area (Å²) in [7, 11) is 1.54. The quantitative estimate of drug-likeness (QED) is 0.466. The lowest BCUT2D eigenvalue weighted by atomic mass is 10.4. The van der Waals surface area contributed by atoms with E-state index in [1.165, 1.54) is 6.08 Å². The van der Waals surface area contributed by atoms with E-state index in [1.807, 2.05) is 0 Å². The van der Waals surface area contributed by atoms with Gasteiger partial charge in [0.1, 0.15) is 13.2 Å². The molecule has 0 aromatic heterocycles. The highest BCUT2D eigenvalue weighted by Crippen LogP contribution is 1.91.